The molecule has 5 aromatic rings. The minimum Gasteiger partial charge on any atom is -0.462 e. The Bertz CT molecular complexity index is 1620. The molecule has 0 saturated carbocycles. The number of aryl methyl sites for hydroxylation is 2. The van der Waals surface area contributed by atoms with E-state index in [4.69, 9.17) is 9.72 Å². The van der Waals surface area contributed by atoms with Gasteiger partial charge in [0.15, 0.2) is 0 Å². The van der Waals surface area contributed by atoms with Crippen molar-refractivity contribution in [3.8, 4) is 22.4 Å². The molecule has 0 atom stereocenters. The van der Waals surface area contributed by atoms with Gasteiger partial charge in [-0.05, 0) is 44.0 Å². The number of amides is 1. The van der Waals surface area contributed by atoms with E-state index in [0.717, 1.165) is 38.9 Å². The van der Waals surface area contributed by atoms with Gasteiger partial charge in [-0.15, -0.1) is 11.3 Å². The van der Waals surface area contributed by atoms with Gasteiger partial charge in [0, 0.05) is 21.9 Å². The Balaban J connectivity index is 1.59. The molecule has 5 rings (SSSR count). The second-order valence-corrected chi connectivity index (χ2v) is 9.66. The van der Waals surface area contributed by atoms with Crippen molar-refractivity contribution < 1.29 is 14.3 Å². The quantitative estimate of drug-likeness (QED) is 0.240. The van der Waals surface area contributed by atoms with Gasteiger partial charge in [0.25, 0.3) is 5.91 Å². The van der Waals surface area contributed by atoms with E-state index < -0.39 is 5.97 Å². The van der Waals surface area contributed by atoms with E-state index in [1.54, 1.807) is 6.92 Å². The van der Waals surface area contributed by atoms with Crippen LogP contribution in [0, 0.1) is 13.8 Å². The molecule has 2 aromatic heterocycles. The Labute approximate surface area is 219 Å². The van der Waals surface area contributed by atoms with E-state index in [1.807, 2.05) is 85.1 Å². The summed E-state index contributed by atoms with van der Waals surface area (Å²) in [4.78, 5) is 31.6. The number of para-hydroxylation sites is 1. The minimum atomic E-state index is -0.464. The second-order valence-electron chi connectivity index (χ2n) is 8.78. The topological polar surface area (TPSA) is 68.3 Å². The van der Waals surface area contributed by atoms with Gasteiger partial charge in [0.1, 0.15) is 10.6 Å². The summed E-state index contributed by atoms with van der Waals surface area (Å²) in [5.74, 6) is -0.773. The number of rotatable bonds is 6. The van der Waals surface area contributed by atoms with Crippen LogP contribution in [0.25, 0.3) is 33.3 Å². The first-order valence-corrected chi connectivity index (χ1v) is 13.0. The number of thiophene rings is 1. The Kier molecular flexibility index (Phi) is 6.84. The number of aromatic nitrogens is 1. The number of carbonyl (C=O) groups is 2. The van der Waals surface area contributed by atoms with Crippen molar-refractivity contribution in [2.45, 2.75) is 20.8 Å². The van der Waals surface area contributed by atoms with Crippen LogP contribution in [0.3, 0.4) is 0 Å². The van der Waals surface area contributed by atoms with Gasteiger partial charge >= 0.3 is 5.97 Å². The zero-order valence-corrected chi connectivity index (χ0v) is 21.7. The fourth-order valence-corrected chi connectivity index (χ4v) is 5.41. The molecule has 3 aromatic carbocycles. The summed E-state index contributed by atoms with van der Waals surface area (Å²) in [5.41, 5.74) is 7.14. The maximum Gasteiger partial charge on any atom is 0.341 e. The van der Waals surface area contributed by atoms with Crippen molar-refractivity contribution in [1.82, 2.24) is 4.98 Å². The lowest BCUT2D eigenvalue weighted by atomic mass is 9.99. The van der Waals surface area contributed by atoms with Crippen molar-refractivity contribution in [1.29, 1.82) is 0 Å². The lowest BCUT2D eigenvalue weighted by Gasteiger charge is -2.13. The molecule has 0 aliphatic rings. The van der Waals surface area contributed by atoms with Gasteiger partial charge in [-0.3, -0.25) is 4.79 Å². The highest BCUT2D eigenvalue weighted by atomic mass is 32.1. The summed E-state index contributed by atoms with van der Waals surface area (Å²) in [6, 6.07) is 25.2. The molecule has 0 aliphatic carbocycles. The number of fused-ring (bicyclic) bond motifs is 1. The monoisotopic (exact) mass is 506 g/mol. The first-order chi connectivity index (χ1) is 18.0. The number of carbonyl (C=O) groups excluding carboxylic acids is 2. The zero-order valence-electron chi connectivity index (χ0n) is 20.9. The second kappa shape index (κ2) is 10.4. The van der Waals surface area contributed by atoms with Crippen LogP contribution in [0.2, 0.25) is 0 Å². The SMILES string of the molecule is CCOC(=O)c1c(-c2ccccc2)csc1NC(=O)c1cc(-c2ccc(C)cc2C)nc2ccccc12. The van der Waals surface area contributed by atoms with Crippen molar-refractivity contribution in [2.75, 3.05) is 11.9 Å². The van der Waals surface area contributed by atoms with E-state index in [0.29, 0.717) is 16.1 Å². The van der Waals surface area contributed by atoms with Crippen LogP contribution in [0.5, 0.6) is 0 Å². The molecule has 1 N–H and O–H groups in total. The molecule has 0 spiro atoms. The predicted octanol–water partition coefficient (Wildman–Crippen LogP) is 7.68. The maximum atomic E-state index is 13.7. The Morgan fingerprint density at radius 1 is 0.919 bits per heavy atom. The van der Waals surface area contributed by atoms with Crippen LogP contribution >= 0.6 is 11.3 Å². The molecule has 0 unspecified atom stereocenters. The summed E-state index contributed by atoms with van der Waals surface area (Å²) in [6.07, 6.45) is 0. The molecule has 1 amide bonds. The molecular formula is C31H26N2O3S. The van der Waals surface area contributed by atoms with Gasteiger partial charge in [-0.2, -0.15) is 0 Å². The van der Waals surface area contributed by atoms with Crippen LogP contribution in [0.4, 0.5) is 5.00 Å². The summed E-state index contributed by atoms with van der Waals surface area (Å²) in [7, 11) is 0. The summed E-state index contributed by atoms with van der Waals surface area (Å²) >= 11 is 1.31. The number of benzene rings is 3. The Morgan fingerprint density at radius 3 is 2.43 bits per heavy atom. The fourth-order valence-electron chi connectivity index (χ4n) is 4.46. The average Bonchev–Trinajstić information content (AvgIpc) is 3.32. The Morgan fingerprint density at radius 2 is 1.68 bits per heavy atom. The zero-order chi connectivity index (χ0) is 25.9. The summed E-state index contributed by atoms with van der Waals surface area (Å²) in [5, 5.41) is 6.08. The van der Waals surface area contributed by atoms with Crippen LogP contribution in [-0.4, -0.2) is 23.5 Å². The van der Waals surface area contributed by atoms with Gasteiger partial charge in [0.2, 0.25) is 0 Å². The van der Waals surface area contributed by atoms with Crippen molar-refractivity contribution in [3.63, 3.8) is 0 Å². The van der Waals surface area contributed by atoms with Gasteiger partial charge in [-0.1, -0.05) is 72.3 Å². The minimum absolute atomic E-state index is 0.241. The number of esters is 1. The number of anilines is 1. The van der Waals surface area contributed by atoms with E-state index in [-0.39, 0.29) is 12.5 Å². The van der Waals surface area contributed by atoms with Gasteiger partial charge in [-0.25, -0.2) is 9.78 Å². The van der Waals surface area contributed by atoms with Crippen LogP contribution < -0.4 is 5.32 Å². The van der Waals surface area contributed by atoms with Gasteiger partial charge in [0.05, 0.1) is 23.4 Å². The Hall–Kier alpha value is -4.29. The maximum absolute atomic E-state index is 13.7. The third kappa shape index (κ3) is 4.88. The molecule has 0 fully saturated rings. The molecule has 0 bridgehead atoms. The van der Waals surface area contributed by atoms with Crippen molar-refractivity contribution >= 4 is 39.1 Å². The highest BCUT2D eigenvalue weighted by Crippen LogP contribution is 2.37. The normalized spacial score (nSPS) is 10.9. The molecule has 2 heterocycles. The smallest absolute Gasteiger partial charge is 0.341 e. The molecule has 5 nitrogen and oxygen atoms in total. The molecule has 0 radical (unpaired) electrons. The fraction of sp³-hybridized carbons (Fsp3) is 0.129. The van der Waals surface area contributed by atoms with Crippen molar-refractivity contribution in [2.24, 2.45) is 0 Å². The third-order valence-electron chi connectivity index (χ3n) is 6.20. The molecule has 37 heavy (non-hydrogen) atoms. The van der Waals surface area contributed by atoms with E-state index in [1.165, 1.54) is 16.9 Å². The molecule has 0 saturated heterocycles. The van der Waals surface area contributed by atoms with Gasteiger partial charge < -0.3 is 10.1 Å². The third-order valence-corrected chi connectivity index (χ3v) is 7.10. The molecule has 0 aliphatic heterocycles. The first-order valence-electron chi connectivity index (χ1n) is 12.1. The average molecular weight is 507 g/mol. The van der Waals surface area contributed by atoms with E-state index in [9.17, 15) is 9.59 Å². The lowest BCUT2D eigenvalue weighted by Crippen LogP contribution is -2.15. The first kappa shape index (κ1) is 24.4. The molecule has 184 valence electrons. The predicted molar refractivity (Wildman–Crippen MR) is 150 cm³/mol. The van der Waals surface area contributed by atoms with Crippen LogP contribution in [-0.2, 0) is 4.74 Å². The highest BCUT2D eigenvalue weighted by Gasteiger charge is 2.24. The van der Waals surface area contributed by atoms with Crippen molar-refractivity contribution in [3.05, 3.63) is 106 Å². The molecular weight excluding hydrogens is 480 g/mol. The van der Waals surface area contributed by atoms with E-state index in [2.05, 4.69) is 18.3 Å². The van der Waals surface area contributed by atoms with E-state index >= 15 is 0 Å². The van der Waals surface area contributed by atoms with Crippen LogP contribution in [0.1, 0.15) is 38.8 Å². The summed E-state index contributed by atoms with van der Waals surface area (Å²) < 4.78 is 5.35. The number of ether oxygens (including phenoxy) is 1. The number of nitrogens with zero attached hydrogens (tertiary/aromatic N) is 1. The standard InChI is InChI=1S/C31H26N2O3S/c1-4-36-31(35)28-25(21-10-6-5-7-11-21)18-37-30(28)33-29(34)24-17-27(22-15-14-19(2)16-20(22)3)32-26-13-9-8-12-23(24)26/h5-18H,4H2,1-3H3,(H,33,34). The number of pyridine rings is 1. The number of nitrogens with one attached hydrogen (secondary N) is 1. The number of hydrogen-bond acceptors (Lipinski definition) is 5. The summed E-state index contributed by atoms with van der Waals surface area (Å²) in [6.45, 7) is 6.10. The lowest BCUT2D eigenvalue weighted by molar-refractivity contribution is 0.0529. The number of hydrogen-bond donors (Lipinski definition) is 1. The molecule has 6 heteroatoms. The van der Waals surface area contributed by atoms with Crippen LogP contribution in [0.15, 0.2) is 84.2 Å². The highest BCUT2D eigenvalue weighted by molar-refractivity contribution is 7.15. The largest absolute Gasteiger partial charge is 0.462 e.